The summed E-state index contributed by atoms with van der Waals surface area (Å²) in [5.41, 5.74) is 0.592. The summed E-state index contributed by atoms with van der Waals surface area (Å²) in [7, 11) is 0.418. The maximum Gasteiger partial charge on any atom is 0.258 e. The minimum atomic E-state index is -1.20. The van der Waals surface area contributed by atoms with Crippen molar-refractivity contribution in [2.24, 2.45) is 0 Å². The molecule has 29 heavy (non-hydrogen) atoms. The van der Waals surface area contributed by atoms with Crippen LogP contribution >= 0.6 is 0 Å². The molecule has 0 bridgehead atoms. The summed E-state index contributed by atoms with van der Waals surface area (Å²) in [4.78, 5) is 23.0. The van der Waals surface area contributed by atoms with Crippen LogP contribution in [-0.2, 0) is 11.0 Å². The molecule has 0 saturated carbocycles. The summed E-state index contributed by atoms with van der Waals surface area (Å²) in [6, 6.07) is 14.7. The van der Waals surface area contributed by atoms with E-state index < -0.39 is 11.0 Å². The molecule has 2 heterocycles. The van der Waals surface area contributed by atoms with Crippen molar-refractivity contribution in [1.82, 2.24) is 19.2 Å². The molecule has 1 N–H and O–H groups in total. The van der Waals surface area contributed by atoms with Gasteiger partial charge in [-0.3, -0.25) is 9.69 Å². The monoisotopic (exact) mass is 412 g/mol. The highest BCUT2D eigenvalue weighted by Crippen LogP contribution is 2.22. The lowest BCUT2D eigenvalue weighted by Gasteiger charge is -2.36. The van der Waals surface area contributed by atoms with Crippen LogP contribution in [0.2, 0.25) is 0 Å². The number of fused-ring (bicyclic) bond motifs is 1. The molecule has 2 aromatic carbocycles. The number of H-pyrrole nitrogens is 1. The van der Waals surface area contributed by atoms with Gasteiger partial charge in [0.25, 0.3) is 5.56 Å². The zero-order valence-corrected chi connectivity index (χ0v) is 17.3. The molecule has 0 radical (unpaired) electrons. The van der Waals surface area contributed by atoms with E-state index in [2.05, 4.69) is 14.9 Å². The van der Waals surface area contributed by atoms with Gasteiger partial charge >= 0.3 is 0 Å². The van der Waals surface area contributed by atoms with Crippen LogP contribution in [0.25, 0.3) is 10.9 Å². The first-order valence-electron chi connectivity index (χ1n) is 9.60. The quantitative estimate of drug-likeness (QED) is 0.696. The topological polar surface area (TPSA) is 78.5 Å². The smallest absolute Gasteiger partial charge is 0.258 e. The molecule has 0 spiro atoms. The van der Waals surface area contributed by atoms with Crippen molar-refractivity contribution in [2.45, 2.75) is 17.9 Å². The number of para-hydroxylation sites is 1. The largest absolute Gasteiger partial charge is 0.497 e. The maximum absolute atomic E-state index is 12.9. The van der Waals surface area contributed by atoms with Gasteiger partial charge in [0.1, 0.15) is 22.6 Å². The molecule has 1 aliphatic heterocycles. The van der Waals surface area contributed by atoms with Crippen molar-refractivity contribution in [3.8, 4) is 5.75 Å². The number of ether oxygens (including phenoxy) is 1. The second-order valence-electron chi connectivity index (χ2n) is 7.03. The van der Waals surface area contributed by atoms with Gasteiger partial charge in [0.05, 0.1) is 29.0 Å². The van der Waals surface area contributed by atoms with E-state index in [0.717, 1.165) is 23.7 Å². The van der Waals surface area contributed by atoms with E-state index in [1.54, 1.807) is 13.2 Å². The lowest BCUT2D eigenvalue weighted by Crippen LogP contribution is -2.47. The predicted molar refractivity (Wildman–Crippen MR) is 113 cm³/mol. The summed E-state index contributed by atoms with van der Waals surface area (Å²) in [5.74, 6) is 1.42. The van der Waals surface area contributed by atoms with Crippen LogP contribution in [0, 0.1) is 0 Å². The number of hydrogen-bond donors (Lipinski definition) is 1. The molecule has 4 rings (SSSR count). The van der Waals surface area contributed by atoms with Gasteiger partial charge < -0.3 is 9.72 Å². The molecule has 1 aromatic heterocycles. The van der Waals surface area contributed by atoms with Crippen molar-refractivity contribution in [3.63, 3.8) is 0 Å². The number of nitrogens with one attached hydrogen (secondary N) is 1. The Bertz CT molecular complexity index is 1080. The van der Waals surface area contributed by atoms with Gasteiger partial charge in [0.2, 0.25) is 0 Å². The molecular formula is C21H24N4O3S. The van der Waals surface area contributed by atoms with E-state index in [0.29, 0.717) is 29.8 Å². The highest BCUT2D eigenvalue weighted by atomic mass is 32.2. The van der Waals surface area contributed by atoms with Crippen molar-refractivity contribution in [2.75, 3.05) is 33.3 Å². The van der Waals surface area contributed by atoms with Crippen molar-refractivity contribution in [3.05, 3.63) is 64.7 Å². The van der Waals surface area contributed by atoms with Crippen LogP contribution in [0.4, 0.5) is 0 Å². The number of hydrogen-bond acceptors (Lipinski definition) is 5. The average Bonchev–Trinajstić information content (AvgIpc) is 2.78. The Balaban J connectivity index is 1.43. The Kier molecular flexibility index (Phi) is 5.75. The Morgan fingerprint density at radius 1 is 1.07 bits per heavy atom. The number of rotatable bonds is 5. The SMILES string of the molecule is COc1ccc(S(=O)N2CCN(C(C)c3nc4ccccc4c(=O)[nH]3)CC2)cc1. The second-order valence-corrected chi connectivity index (χ2v) is 8.52. The van der Waals surface area contributed by atoms with Crippen molar-refractivity contribution >= 4 is 21.9 Å². The normalized spacial score (nSPS) is 17.9. The molecule has 7 nitrogen and oxygen atoms in total. The molecule has 1 aliphatic rings. The fourth-order valence-corrected chi connectivity index (χ4v) is 4.74. The Morgan fingerprint density at radius 2 is 1.76 bits per heavy atom. The summed E-state index contributed by atoms with van der Waals surface area (Å²) < 4.78 is 20.0. The molecule has 2 unspecified atom stereocenters. The van der Waals surface area contributed by atoms with Gasteiger partial charge in [-0.05, 0) is 43.3 Å². The van der Waals surface area contributed by atoms with Gasteiger partial charge in [0.15, 0.2) is 0 Å². The summed E-state index contributed by atoms with van der Waals surface area (Å²) in [5, 5.41) is 0.600. The van der Waals surface area contributed by atoms with Gasteiger partial charge in [0, 0.05) is 26.2 Å². The molecule has 2 atom stereocenters. The van der Waals surface area contributed by atoms with Crippen LogP contribution in [0.3, 0.4) is 0 Å². The first kappa shape index (κ1) is 19.8. The Hall–Kier alpha value is -2.55. The Morgan fingerprint density at radius 3 is 2.45 bits per heavy atom. The van der Waals surface area contributed by atoms with Crippen LogP contribution in [0.15, 0.2) is 58.2 Å². The fourth-order valence-electron chi connectivity index (χ4n) is 3.57. The third-order valence-electron chi connectivity index (χ3n) is 5.34. The third kappa shape index (κ3) is 4.10. The number of piperazine rings is 1. The highest BCUT2D eigenvalue weighted by Gasteiger charge is 2.26. The summed E-state index contributed by atoms with van der Waals surface area (Å²) in [6.07, 6.45) is 0. The van der Waals surface area contributed by atoms with E-state index in [-0.39, 0.29) is 11.6 Å². The average molecular weight is 413 g/mol. The number of aromatic nitrogens is 2. The third-order valence-corrected chi connectivity index (χ3v) is 6.85. The molecule has 1 fully saturated rings. The fraction of sp³-hybridized carbons (Fsp3) is 0.333. The molecule has 0 amide bonds. The summed E-state index contributed by atoms with van der Waals surface area (Å²) >= 11 is 0. The van der Waals surface area contributed by atoms with Crippen LogP contribution < -0.4 is 10.3 Å². The highest BCUT2D eigenvalue weighted by molar-refractivity contribution is 7.82. The van der Waals surface area contributed by atoms with Crippen LogP contribution in [0.1, 0.15) is 18.8 Å². The van der Waals surface area contributed by atoms with Crippen LogP contribution in [0.5, 0.6) is 5.75 Å². The first-order chi connectivity index (χ1) is 14.1. The Labute approximate surface area is 171 Å². The number of benzene rings is 2. The molecule has 0 aliphatic carbocycles. The molecule has 8 heteroatoms. The summed E-state index contributed by atoms with van der Waals surface area (Å²) in [6.45, 7) is 4.91. The lowest BCUT2D eigenvalue weighted by molar-refractivity contribution is 0.144. The number of nitrogens with zero attached hydrogens (tertiary/aromatic N) is 3. The van der Waals surface area contributed by atoms with E-state index in [4.69, 9.17) is 4.74 Å². The standard InChI is InChI=1S/C21H24N4O3S/c1-15(20-22-19-6-4-3-5-18(19)21(26)23-20)24-11-13-25(14-12-24)29(27)17-9-7-16(28-2)8-10-17/h3-10,15H,11-14H2,1-2H3,(H,22,23,26). The minimum Gasteiger partial charge on any atom is -0.497 e. The van der Waals surface area contributed by atoms with E-state index in [1.165, 1.54) is 0 Å². The molecule has 3 aromatic rings. The zero-order chi connectivity index (χ0) is 20.4. The first-order valence-corrected chi connectivity index (χ1v) is 10.7. The van der Waals surface area contributed by atoms with E-state index >= 15 is 0 Å². The van der Waals surface area contributed by atoms with Gasteiger partial charge in [-0.15, -0.1) is 0 Å². The number of aromatic amines is 1. The van der Waals surface area contributed by atoms with E-state index in [1.807, 2.05) is 53.7 Å². The zero-order valence-electron chi connectivity index (χ0n) is 16.5. The van der Waals surface area contributed by atoms with Crippen LogP contribution in [-0.4, -0.2) is 56.7 Å². The van der Waals surface area contributed by atoms with Gasteiger partial charge in [-0.2, -0.15) is 0 Å². The number of methoxy groups -OCH3 is 1. The molecule has 1 saturated heterocycles. The van der Waals surface area contributed by atoms with Gasteiger partial charge in [-0.1, -0.05) is 12.1 Å². The second kappa shape index (κ2) is 8.44. The van der Waals surface area contributed by atoms with Crippen molar-refractivity contribution in [1.29, 1.82) is 0 Å². The molecule has 152 valence electrons. The van der Waals surface area contributed by atoms with Gasteiger partial charge in [-0.25, -0.2) is 13.5 Å². The lowest BCUT2D eigenvalue weighted by atomic mass is 10.2. The maximum atomic E-state index is 12.9. The molecular weight excluding hydrogens is 388 g/mol. The minimum absolute atomic E-state index is 0.0242. The van der Waals surface area contributed by atoms with E-state index in [9.17, 15) is 9.00 Å². The van der Waals surface area contributed by atoms with Crippen molar-refractivity contribution < 1.29 is 8.95 Å². The predicted octanol–water partition coefficient (Wildman–Crippen LogP) is 2.33.